The average molecular weight is 687 g/mol. The summed E-state index contributed by atoms with van der Waals surface area (Å²) in [6.45, 7) is 0.553. The van der Waals surface area contributed by atoms with Gasteiger partial charge in [0.1, 0.15) is 23.7 Å². The van der Waals surface area contributed by atoms with Gasteiger partial charge in [-0.1, -0.05) is 17.9 Å². The maximum absolute atomic E-state index is 13.0. The lowest BCUT2D eigenvalue weighted by atomic mass is 10.0. The van der Waals surface area contributed by atoms with Crippen molar-refractivity contribution in [2.45, 2.75) is 60.4 Å². The summed E-state index contributed by atoms with van der Waals surface area (Å²) in [6, 6.07) is 7.72. The third-order valence-corrected chi connectivity index (χ3v) is 11.0. The van der Waals surface area contributed by atoms with E-state index in [9.17, 15) is 30.4 Å². The van der Waals surface area contributed by atoms with Gasteiger partial charge in [-0.3, -0.25) is 15.6 Å². The first-order valence-corrected chi connectivity index (χ1v) is 17.1. The van der Waals surface area contributed by atoms with E-state index in [0.29, 0.717) is 25.8 Å². The molecule has 1 aromatic heterocycles. The molecule has 2 saturated heterocycles. The first-order valence-electron chi connectivity index (χ1n) is 13.8. The fraction of sp³-hybridized carbons (Fsp3) is 0.385. The van der Waals surface area contributed by atoms with E-state index >= 15 is 0 Å². The van der Waals surface area contributed by atoms with Crippen LogP contribution in [0.25, 0.3) is 0 Å². The van der Waals surface area contributed by atoms with Crippen LogP contribution >= 0.6 is 12.2 Å². The van der Waals surface area contributed by atoms with Crippen molar-refractivity contribution in [2.24, 2.45) is 5.73 Å². The molecular formula is C26H32F2N8O6S3. The Bertz CT molecular complexity index is 1710. The molecule has 0 bridgehead atoms. The number of carbonyl (C=O) groups is 1. The number of sulfonamides is 2. The minimum Gasteiger partial charge on any atom is -0.406 e. The molecular weight excluding hydrogens is 655 g/mol. The molecule has 6 N–H and O–H groups in total. The molecule has 1 amide bonds. The summed E-state index contributed by atoms with van der Waals surface area (Å²) >= 11 is 4.59. The molecule has 45 heavy (non-hydrogen) atoms. The fourth-order valence-corrected chi connectivity index (χ4v) is 8.32. The summed E-state index contributed by atoms with van der Waals surface area (Å²) < 4.78 is 84.6. The molecule has 0 saturated carbocycles. The smallest absolute Gasteiger partial charge is 0.312 e. The number of aromatic nitrogens is 2. The van der Waals surface area contributed by atoms with Crippen LogP contribution in [0.2, 0.25) is 0 Å². The van der Waals surface area contributed by atoms with Gasteiger partial charge in [-0.2, -0.15) is 8.61 Å². The number of nitrogen functional groups attached to an aromatic ring is 1. The van der Waals surface area contributed by atoms with Gasteiger partial charge in [0.25, 0.3) is 5.91 Å². The number of benzene rings is 2. The summed E-state index contributed by atoms with van der Waals surface area (Å²) in [5.74, 6) is -1.37. The number of nitrogens with two attached hydrogens (primary N) is 2. The van der Waals surface area contributed by atoms with Crippen LogP contribution in [0.3, 0.4) is 0 Å². The SMILES string of the molecule is NC(=S)NNC(=O)[C@@H]1CCCCN1S(=O)(=O)c1ccc(F)cc1.Nc1nnc([C@@H]2CCCCN2S(=O)(=O)c2ccc(F)cc2)o1. The average Bonchev–Trinajstić information content (AvgIpc) is 3.46. The van der Waals surface area contributed by atoms with Crippen LogP contribution in [-0.2, 0) is 24.8 Å². The summed E-state index contributed by atoms with van der Waals surface area (Å²) in [5.41, 5.74) is 15.2. The predicted molar refractivity (Wildman–Crippen MR) is 162 cm³/mol. The largest absolute Gasteiger partial charge is 0.406 e. The molecule has 0 unspecified atom stereocenters. The van der Waals surface area contributed by atoms with E-state index in [2.05, 4.69) is 33.3 Å². The molecule has 0 radical (unpaired) electrons. The van der Waals surface area contributed by atoms with E-state index in [1.54, 1.807) is 0 Å². The van der Waals surface area contributed by atoms with Gasteiger partial charge in [0.05, 0.1) is 9.79 Å². The zero-order chi connectivity index (χ0) is 32.8. The number of hydrogen-bond acceptors (Lipinski definition) is 10. The second-order valence-corrected chi connectivity index (χ2v) is 14.3. The van der Waals surface area contributed by atoms with Gasteiger partial charge < -0.3 is 15.9 Å². The number of anilines is 1. The second kappa shape index (κ2) is 14.5. The Kier molecular flexibility index (Phi) is 11.0. The lowest BCUT2D eigenvalue weighted by Gasteiger charge is -2.33. The van der Waals surface area contributed by atoms with Gasteiger partial charge in [0.2, 0.25) is 25.9 Å². The highest BCUT2D eigenvalue weighted by Gasteiger charge is 2.38. The number of nitrogens with one attached hydrogen (secondary N) is 2. The number of thiocarbonyl (C=S) groups is 1. The van der Waals surface area contributed by atoms with Gasteiger partial charge in [-0.15, -0.1) is 5.10 Å². The predicted octanol–water partition coefficient (Wildman–Crippen LogP) is 1.94. The number of amides is 1. The molecule has 3 aromatic rings. The van der Waals surface area contributed by atoms with Gasteiger partial charge in [0, 0.05) is 13.1 Å². The van der Waals surface area contributed by atoms with Crippen molar-refractivity contribution in [1.29, 1.82) is 0 Å². The molecule has 0 aliphatic carbocycles. The molecule has 0 spiro atoms. The summed E-state index contributed by atoms with van der Waals surface area (Å²) in [7, 11) is -7.67. The Balaban J connectivity index is 0.000000205. The van der Waals surface area contributed by atoms with Crippen LogP contribution in [0, 0.1) is 11.6 Å². The topological polar surface area (TPSA) is 207 Å². The van der Waals surface area contributed by atoms with Crippen molar-refractivity contribution in [3.63, 3.8) is 0 Å². The highest BCUT2D eigenvalue weighted by Crippen LogP contribution is 2.35. The standard InChI is InChI=1S/C13H17FN4O3S2.C13H15FN4O3S/c14-9-4-6-10(7-5-9)23(20,21)18-8-2-1-3-11(18)12(19)16-17-13(15)22;14-9-4-6-10(7-5-9)22(19,20)18-8-2-1-3-11(18)12-16-17-13(15)21-12/h4-7,11H,1-3,8H2,(H,16,19)(H3,15,17,22);4-7,11H,1-3,8H2,(H2,15,17)/t2*11-/m00/s1. The normalized spacial score (nSPS) is 19.6. The maximum atomic E-state index is 13.0. The number of hydrazine groups is 1. The number of rotatable bonds is 6. The van der Waals surface area contributed by atoms with E-state index < -0.39 is 49.7 Å². The summed E-state index contributed by atoms with van der Waals surface area (Å²) in [6.07, 6.45) is 3.91. The molecule has 3 heterocycles. The Morgan fingerprint density at radius 2 is 1.33 bits per heavy atom. The quantitative estimate of drug-likeness (QED) is 0.217. The zero-order valence-corrected chi connectivity index (χ0v) is 26.3. The van der Waals surface area contributed by atoms with Gasteiger partial charge in [-0.05, 0) is 86.4 Å². The van der Waals surface area contributed by atoms with Gasteiger partial charge >= 0.3 is 6.01 Å². The van der Waals surface area contributed by atoms with Crippen LogP contribution in [0.5, 0.6) is 0 Å². The number of nitrogens with zero attached hydrogens (tertiary/aromatic N) is 4. The van der Waals surface area contributed by atoms with Crippen LogP contribution in [0.1, 0.15) is 50.5 Å². The highest BCUT2D eigenvalue weighted by molar-refractivity contribution is 7.89. The van der Waals surface area contributed by atoms with Crippen molar-refractivity contribution in [3.05, 3.63) is 66.1 Å². The fourth-order valence-electron chi connectivity index (χ4n) is 4.97. The first-order chi connectivity index (χ1) is 21.3. The van der Waals surface area contributed by atoms with Crippen LogP contribution < -0.4 is 22.3 Å². The Morgan fingerprint density at radius 1 is 0.822 bits per heavy atom. The van der Waals surface area contributed by atoms with E-state index in [4.69, 9.17) is 15.9 Å². The molecule has 2 atom stereocenters. The molecule has 244 valence electrons. The molecule has 5 rings (SSSR count). The maximum Gasteiger partial charge on any atom is 0.312 e. The lowest BCUT2D eigenvalue weighted by molar-refractivity contribution is -0.126. The van der Waals surface area contributed by atoms with E-state index in [1.807, 2.05) is 0 Å². The number of carbonyl (C=O) groups excluding carboxylic acids is 1. The van der Waals surface area contributed by atoms with Crippen LogP contribution in [0.15, 0.2) is 62.7 Å². The molecule has 2 fully saturated rings. The van der Waals surface area contributed by atoms with Crippen molar-refractivity contribution in [2.75, 3.05) is 18.8 Å². The Hall–Kier alpha value is -3.78. The zero-order valence-electron chi connectivity index (χ0n) is 23.8. The van der Waals surface area contributed by atoms with E-state index in [-0.39, 0.29) is 33.4 Å². The Morgan fingerprint density at radius 3 is 1.84 bits per heavy atom. The number of piperidine rings is 2. The highest BCUT2D eigenvalue weighted by atomic mass is 32.2. The van der Waals surface area contributed by atoms with Crippen molar-refractivity contribution in [1.82, 2.24) is 29.7 Å². The molecule has 14 nitrogen and oxygen atoms in total. The summed E-state index contributed by atoms with van der Waals surface area (Å²) in [4.78, 5) is 12.2. The van der Waals surface area contributed by atoms with E-state index in [1.165, 1.54) is 28.6 Å². The first kappa shape index (κ1) is 34.1. The second-order valence-electron chi connectivity index (χ2n) is 10.1. The van der Waals surface area contributed by atoms with Gasteiger partial charge in [0.15, 0.2) is 5.11 Å². The van der Waals surface area contributed by atoms with Crippen molar-refractivity contribution < 1.29 is 34.8 Å². The van der Waals surface area contributed by atoms with Crippen LogP contribution in [-0.4, -0.2) is 65.8 Å². The van der Waals surface area contributed by atoms with Crippen molar-refractivity contribution >= 4 is 49.3 Å². The van der Waals surface area contributed by atoms with Crippen molar-refractivity contribution in [3.8, 4) is 0 Å². The minimum atomic E-state index is -3.90. The third-order valence-electron chi connectivity index (χ3n) is 7.10. The van der Waals surface area contributed by atoms with Gasteiger partial charge in [-0.25, -0.2) is 25.6 Å². The summed E-state index contributed by atoms with van der Waals surface area (Å²) in [5, 5.41) is 7.26. The lowest BCUT2D eigenvalue weighted by Crippen LogP contribution is -2.56. The number of halogens is 2. The molecule has 2 aromatic carbocycles. The molecule has 2 aliphatic heterocycles. The van der Waals surface area contributed by atoms with Crippen LogP contribution in [0.4, 0.5) is 14.8 Å². The minimum absolute atomic E-state index is 0.0355. The number of hydrogen-bond donors (Lipinski definition) is 4. The molecule has 19 heteroatoms. The molecule has 2 aliphatic rings. The Labute approximate surface area is 264 Å². The van der Waals surface area contributed by atoms with E-state index in [0.717, 1.165) is 47.8 Å². The monoisotopic (exact) mass is 686 g/mol. The third kappa shape index (κ3) is 8.28.